The molecule has 3 heterocycles. The minimum atomic E-state index is -0.315. The number of urea groups is 1. The highest BCUT2D eigenvalue weighted by molar-refractivity contribution is 5.89. The third kappa shape index (κ3) is 5.95. The van der Waals surface area contributed by atoms with E-state index in [9.17, 15) is 9.18 Å². The number of rotatable bonds is 6. The fourth-order valence-electron chi connectivity index (χ4n) is 4.30. The van der Waals surface area contributed by atoms with Crippen LogP contribution in [0.5, 0.6) is 0 Å². The van der Waals surface area contributed by atoms with E-state index >= 15 is 0 Å². The number of benzene rings is 1. The lowest BCUT2D eigenvalue weighted by molar-refractivity contribution is 0.0819. The molecule has 32 heavy (non-hydrogen) atoms. The van der Waals surface area contributed by atoms with E-state index in [1.54, 1.807) is 29.4 Å². The molecule has 1 N–H and O–H groups in total. The highest BCUT2D eigenvalue weighted by Crippen LogP contribution is 2.25. The number of hydrogen-bond acceptors (Lipinski definition) is 5. The zero-order valence-corrected chi connectivity index (χ0v) is 18.7. The van der Waals surface area contributed by atoms with Crippen molar-refractivity contribution in [3.8, 4) is 0 Å². The maximum absolute atomic E-state index is 14.9. The average Bonchev–Trinajstić information content (AvgIpc) is 3.21. The second kappa shape index (κ2) is 10.7. The van der Waals surface area contributed by atoms with Crippen molar-refractivity contribution in [3.63, 3.8) is 0 Å². The van der Waals surface area contributed by atoms with Crippen molar-refractivity contribution in [3.05, 3.63) is 54.1 Å². The third-order valence-electron chi connectivity index (χ3n) is 6.09. The Kier molecular flexibility index (Phi) is 7.55. The first-order valence-electron chi connectivity index (χ1n) is 11.4. The first-order valence-corrected chi connectivity index (χ1v) is 11.4. The Balaban J connectivity index is 1.44. The normalized spacial score (nSPS) is 19.6. The molecule has 2 amide bonds. The van der Waals surface area contributed by atoms with Crippen LogP contribution >= 0.6 is 0 Å². The lowest BCUT2D eigenvalue weighted by atomic mass is 10.2. The van der Waals surface area contributed by atoms with E-state index in [-0.39, 0.29) is 18.0 Å². The molecule has 0 saturated carbocycles. The molecule has 172 valence electrons. The first kappa shape index (κ1) is 22.5. The minimum Gasteiger partial charge on any atom is -0.376 e. The summed E-state index contributed by atoms with van der Waals surface area (Å²) in [5, 5.41) is 2.87. The van der Waals surface area contributed by atoms with Crippen LogP contribution in [0, 0.1) is 5.82 Å². The summed E-state index contributed by atoms with van der Waals surface area (Å²) < 4.78 is 20.7. The highest BCUT2D eigenvalue weighted by Gasteiger charge is 2.23. The Morgan fingerprint density at radius 2 is 2.16 bits per heavy atom. The van der Waals surface area contributed by atoms with Gasteiger partial charge in [0.25, 0.3) is 0 Å². The molecule has 2 aromatic rings. The second-order valence-electron chi connectivity index (χ2n) is 8.62. The van der Waals surface area contributed by atoms with Crippen molar-refractivity contribution in [1.29, 1.82) is 0 Å². The molecule has 2 aliphatic rings. The lowest BCUT2D eigenvalue weighted by Gasteiger charge is -2.26. The van der Waals surface area contributed by atoms with E-state index in [1.165, 1.54) is 6.07 Å². The molecule has 0 spiro atoms. The van der Waals surface area contributed by atoms with Gasteiger partial charge < -0.3 is 24.8 Å². The molecule has 0 radical (unpaired) electrons. The average molecular weight is 442 g/mol. The topological polar surface area (TPSA) is 60.9 Å². The number of ether oxygens (including phenoxy) is 1. The van der Waals surface area contributed by atoms with Crippen molar-refractivity contribution in [2.75, 3.05) is 56.6 Å². The third-order valence-corrected chi connectivity index (χ3v) is 6.09. The van der Waals surface area contributed by atoms with Crippen LogP contribution in [-0.2, 0) is 11.3 Å². The Labute approximate surface area is 189 Å². The van der Waals surface area contributed by atoms with E-state index in [4.69, 9.17) is 4.74 Å². The number of amides is 2. The summed E-state index contributed by atoms with van der Waals surface area (Å²) in [6, 6.07) is 8.48. The van der Waals surface area contributed by atoms with Crippen molar-refractivity contribution < 1.29 is 13.9 Å². The molecule has 2 fully saturated rings. The van der Waals surface area contributed by atoms with Gasteiger partial charge in [-0.1, -0.05) is 6.07 Å². The SMILES string of the molecule is CN1CCCN(c2ccc(NC(=O)N(Cc3cccnc3)C[C@@H]3CCCO3)cc2F)CC1. The molecule has 1 aromatic carbocycles. The van der Waals surface area contributed by atoms with Gasteiger partial charge in [-0.05, 0) is 62.7 Å². The van der Waals surface area contributed by atoms with Crippen molar-refractivity contribution in [1.82, 2.24) is 14.8 Å². The number of carbonyl (C=O) groups is 1. The predicted molar refractivity (Wildman–Crippen MR) is 123 cm³/mol. The van der Waals surface area contributed by atoms with E-state index in [2.05, 4.69) is 27.1 Å². The summed E-state index contributed by atoms with van der Waals surface area (Å²) in [6.07, 6.45) is 6.43. The zero-order chi connectivity index (χ0) is 22.3. The van der Waals surface area contributed by atoms with Gasteiger partial charge in [0.1, 0.15) is 5.82 Å². The molecule has 1 atom stereocenters. The van der Waals surface area contributed by atoms with Gasteiger partial charge >= 0.3 is 6.03 Å². The number of anilines is 2. The Morgan fingerprint density at radius 1 is 1.25 bits per heavy atom. The van der Waals surface area contributed by atoms with Crippen molar-refractivity contribution in [2.24, 2.45) is 0 Å². The number of aromatic nitrogens is 1. The quantitative estimate of drug-likeness (QED) is 0.743. The summed E-state index contributed by atoms with van der Waals surface area (Å²) >= 11 is 0. The van der Waals surface area contributed by atoms with Crippen LogP contribution in [-0.4, -0.2) is 73.3 Å². The van der Waals surface area contributed by atoms with Crippen LogP contribution in [0.2, 0.25) is 0 Å². The van der Waals surface area contributed by atoms with Gasteiger partial charge in [-0.15, -0.1) is 0 Å². The molecule has 7 nitrogen and oxygen atoms in total. The minimum absolute atomic E-state index is 0.0256. The number of pyridine rings is 1. The number of halogens is 1. The van der Waals surface area contributed by atoms with Gasteiger partial charge in [0, 0.05) is 57.4 Å². The summed E-state index contributed by atoms with van der Waals surface area (Å²) in [4.78, 5) is 23.3. The van der Waals surface area contributed by atoms with Crippen molar-refractivity contribution in [2.45, 2.75) is 31.9 Å². The zero-order valence-electron chi connectivity index (χ0n) is 18.7. The Morgan fingerprint density at radius 3 is 2.91 bits per heavy atom. The molecule has 2 aliphatic heterocycles. The fourth-order valence-corrected chi connectivity index (χ4v) is 4.30. The monoisotopic (exact) mass is 441 g/mol. The molecule has 4 rings (SSSR count). The fraction of sp³-hybridized carbons (Fsp3) is 0.500. The van der Waals surface area contributed by atoms with Gasteiger partial charge in [-0.3, -0.25) is 4.98 Å². The highest BCUT2D eigenvalue weighted by atomic mass is 19.1. The molecule has 0 unspecified atom stereocenters. The summed E-state index contributed by atoms with van der Waals surface area (Å²) in [5.74, 6) is -0.315. The van der Waals surface area contributed by atoms with Crippen molar-refractivity contribution >= 4 is 17.4 Å². The van der Waals surface area contributed by atoms with Gasteiger partial charge in [0.2, 0.25) is 0 Å². The molecular weight excluding hydrogens is 409 g/mol. The van der Waals surface area contributed by atoms with Crippen LogP contribution in [0.4, 0.5) is 20.6 Å². The van der Waals surface area contributed by atoms with E-state index in [0.717, 1.165) is 57.6 Å². The number of carbonyl (C=O) groups excluding carboxylic acids is 1. The van der Waals surface area contributed by atoms with Crippen LogP contribution in [0.25, 0.3) is 0 Å². The number of nitrogens with zero attached hydrogens (tertiary/aromatic N) is 4. The summed E-state index contributed by atoms with van der Waals surface area (Å²) in [5.41, 5.74) is 1.98. The van der Waals surface area contributed by atoms with Gasteiger partial charge in [0.15, 0.2) is 0 Å². The van der Waals surface area contributed by atoms with E-state index < -0.39 is 0 Å². The lowest BCUT2D eigenvalue weighted by Crippen LogP contribution is -2.39. The van der Waals surface area contributed by atoms with Gasteiger partial charge in [0.05, 0.1) is 11.8 Å². The summed E-state index contributed by atoms with van der Waals surface area (Å²) in [7, 11) is 2.09. The smallest absolute Gasteiger partial charge is 0.322 e. The molecule has 8 heteroatoms. The number of hydrogen-bond donors (Lipinski definition) is 1. The van der Waals surface area contributed by atoms with Gasteiger partial charge in [-0.25, -0.2) is 9.18 Å². The molecule has 2 saturated heterocycles. The number of likely N-dealkylation sites (N-methyl/N-ethyl adjacent to an activating group) is 1. The second-order valence-corrected chi connectivity index (χ2v) is 8.62. The summed E-state index contributed by atoms with van der Waals surface area (Å²) in [6.45, 7) is 5.18. The molecule has 0 aliphatic carbocycles. The van der Waals surface area contributed by atoms with Gasteiger partial charge in [-0.2, -0.15) is 0 Å². The van der Waals surface area contributed by atoms with E-state index in [1.807, 2.05) is 12.1 Å². The van der Waals surface area contributed by atoms with Crippen LogP contribution in [0.3, 0.4) is 0 Å². The molecule has 1 aromatic heterocycles. The maximum atomic E-state index is 14.9. The molecule has 0 bridgehead atoms. The van der Waals surface area contributed by atoms with Crippen LogP contribution in [0.1, 0.15) is 24.8 Å². The first-order chi connectivity index (χ1) is 15.6. The predicted octanol–water partition coefficient (Wildman–Crippen LogP) is 3.58. The van der Waals surface area contributed by atoms with Crippen LogP contribution < -0.4 is 10.2 Å². The Hall–Kier alpha value is -2.71. The van der Waals surface area contributed by atoms with Crippen LogP contribution in [0.15, 0.2) is 42.7 Å². The Bertz CT molecular complexity index is 891. The largest absolute Gasteiger partial charge is 0.376 e. The van der Waals surface area contributed by atoms with E-state index in [0.29, 0.717) is 24.5 Å². The number of nitrogens with one attached hydrogen (secondary N) is 1. The maximum Gasteiger partial charge on any atom is 0.322 e. The standard InChI is InChI=1S/C24H32FN5O2/c1-28-10-4-11-29(13-12-28)23-8-7-20(15-22(23)25)27-24(31)30(18-21-6-3-14-32-21)17-19-5-2-9-26-16-19/h2,5,7-9,15-16,21H,3-4,6,10-14,17-18H2,1H3,(H,27,31)/t21-/m0/s1. The molecular formula is C24H32FN5O2.